The minimum atomic E-state index is -0.252. The highest BCUT2D eigenvalue weighted by Crippen LogP contribution is 2.35. The van der Waals surface area contributed by atoms with E-state index in [9.17, 15) is 9.18 Å². The molecule has 0 bridgehead atoms. The quantitative estimate of drug-likeness (QED) is 0.561. The molecule has 30 heavy (non-hydrogen) atoms. The molecule has 0 saturated carbocycles. The second kappa shape index (κ2) is 7.55. The third kappa shape index (κ3) is 3.36. The molecule has 1 aromatic carbocycles. The number of nitrogens with one attached hydrogen (secondary N) is 1. The van der Waals surface area contributed by atoms with Gasteiger partial charge >= 0.3 is 0 Å². The summed E-state index contributed by atoms with van der Waals surface area (Å²) in [4.78, 5) is 23.4. The Morgan fingerprint density at radius 1 is 1.17 bits per heavy atom. The first kappa shape index (κ1) is 18.2. The van der Waals surface area contributed by atoms with Crippen molar-refractivity contribution < 1.29 is 9.18 Å². The Labute approximate surface area is 172 Å². The fourth-order valence-corrected chi connectivity index (χ4v) is 3.91. The molecule has 5 rings (SSSR count). The van der Waals surface area contributed by atoms with Crippen LogP contribution < -0.4 is 10.2 Å². The molecule has 1 N–H and O–H groups in total. The third-order valence-corrected chi connectivity index (χ3v) is 5.33. The summed E-state index contributed by atoms with van der Waals surface area (Å²) in [5.41, 5.74) is 2.53. The van der Waals surface area contributed by atoms with Gasteiger partial charge in [0.25, 0.3) is 5.91 Å². The molecular formula is C22H19FN6O. The lowest BCUT2D eigenvalue weighted by Crippen LogP contribution is -2.24. The normalized spacial score (nSPS) is 16.2. The Hall–Kier alpha value is -3.81. The van der Waals surface area contributed by atoms with Crippen molar-refractivity contribution in [1.29, 1.82) is 0 Å². The first-order valence-corrected chi connectivity index (χ1v) is 9.77. The number of carbonyl (C=O) groups excluding carboxylic acids is 1. The monoisotopic (exact) mass is 402 g/mol. The van der Waals surface area contributed by atoms with Crippen LogP contribution in [-0.2, 0) is 0 Å². The molecule has 1 amide bonds. The zero-order valence-corrected chi connectivity index (χ0v) is 16.1. The zero-order valence-electron chi connectivity index (χ0n) is 16.1. The van der Waals surface area contributed by atoms with E-state index < -0.39 is 0 Å². The van der Waals surface area contributed by atoms with Crippen molar-refractivity contribution in [3.05, 3.63) is 84.2 Å². The van der Waals surface area contributed by atoms with Crippen molar-refractivity contribution in [1.82, 2.24) is 19.6 Å². The summed E-state index contributed by atoms with van der Waals surface area (Å²) >= 11 is 0. The fraction of sp³-hybridized carbons (Fsp3) is 0.182. The van der Waals surface area contributed by atoms with Gasteiger partial charge in [0.1, 0.15) is 17.3 Å². The van der Waals surface area contributed by atoms with Gasteiger partial charge in [0.2, 0.25) is 0 Å². The predicted octanol–water partition coefficient (Wildman–Crippen LogP) is 3.86. The van der Waals surface area contributed by atoms with Gasteiger partial charge in [-0.2, -0.15) is 5.10 Å². The summed E-state index contributed by atoms with van der Waals surface area (Å²) in [6.07, 6.45) is 8.47. The summed E-state index contributed by atoms with van der Waals surface area (Å²) in [6.45, 7) is 0.831. The molecule has 4 aromatic rings. The molecule has 3 aromatic heterocycles. The summed E-state index contributed by atoms with van der Waals surface area (Å²) in [5, 5.41) is 7.15. The standard InChI is InChI=1S/C22H19FN6O/c23-17-4-1-3-16(13-17)19-5-2-11-28(19)20-8-12-29-21(27-20)18(14-25-29)26-22(30)15-6-9-24-10-7-15/h1,3-4,6-10,12-14,19H,2,5,11H2,(H,26,30)/t19-/m0/s1. The number of rotatable bonds is 4. The molecule has 1 fully saturated rings. The van der Waals surface area contributed by atoms with Gasteiger partial charge in [-0.25, -0.2) is 13.9 Å². The summed E-state index contributed by atoms with van der Waals surface area (Å²) in [6, 6.07) is 12.0. The van der Waals surface area contributed by atoms with Crippen LogP contribution in [0.2, 0.25) is 0 Å². The maximum Gasteiger partial charge on any atom is 0.255 e. The fourth-order valence-electron chi connectivity index (χ4n) is 3.91. The van der Waals surface area contributed by atoms with Gasteiger partial charge in [0.15, 0.2) is 5.65 Å². The van der Waals surface area contributed by atoms with Crippen LogP contribution in [0, 0.1) is 5.82 Å². The van der Waals surface area contributed by atoms with Gasteiger partial charge in [0.05, 0.1) is 12.2 Å². The van der Waals surface area contributed by atoms with Gasteiger partial charge in [-0.3, -0.25) is 9.78 Å². The number of amides is 1. The van der Waals surface area contributed by atoms with Crippen LogP contribution in [0.5, 0.6) is 0 Å². The Morgan fingerprint density at radius 2 is 2.03 bits per heavy atom. The van der Waals surface area contributed by atoms with Crippen molar-refractivity contribution in [2.45, 2.75) is 18.9 Å². The topological polar surface area (TPSA) is 75.4 Å². The smallest absolute Gasteiger partial charge is 0.255 e. The number of pyridine rings is 1. The molecule has 8 heteroatoms. The molecule has 1 aliphatic heterocycles. The lowest BCUT2D eigenvalue weighted by atomic mass is 10.0. The number of hydrogen-bond acceptors (Lipinski definition) is 5. The van der Waals surface area contributed by atoms with Gasteiger partial charge in [-0.05, 0) is 48.7 Å². The minimum Gasteiger partial charge on any atom is -0.349 e. The van der Waals surface area contributed by atoms with Crippen LogP contribution in [-0.4, -0.2) is 32.0 Å². The third-order valence-electron chi connectivity index (χ3n) is 5.33. The highest BCUT2D eigenvalue weighted by Gasteiger charge is 2.28. The lowest BCUT2D eigenvalue weighted by molar-refractivity contribution is 0.102. The number of carbonyl (C=O) groups is 1. The van der Waals surface area contributed by atoms with Crippen LogP contribution in [0.25, 0.3) is 5.65 Å². The summed E-state index contributed by atoms with van der Waals surface area (Å²) in [5.74, 6) is 0.284. The van der Waals surface area contributed by atoms with E-state index in [-0.39, 0.29) is 17.8 Å². The van der Waals surface area contributed by atoms with Gasteiger partial charge in [-0.15, -0.1) is 0 Å². The Bertz CT molecular complexity index is 1210. The largest absolute Gasteiger partial charge is 0.349 e. The number of aromatic nitrogens is 4. The van der Waals surface area contributed by atoms with Crippen molar-refractivity contribution >= 4 is 23.1 Å². The average Bonchev–Trinajstić information content (AvgIpc) is 3.41. The number of halogens is 1. The molecule has 4 heterocycles. The number of nitrogens with zero attached hydrogens (tertiary/aromatic N) is 5. The highest BCUT2D eigenvalue weighted by molar-refractivity contribution is 6.05. The van der Waals surface area contributed by atoms with Crippen LogP contribution in [0.15, 0.2) is 67.3 Å². The SMILES string of the molecule is O=C(Nc1cnn2ccc(N3CCC[C@H]3c3cccc(F)c3)nc12)c1ccncc1. The van der Waals surface area contributed by atoms with Crippen molar-refractivity contribution in [3.8, 4) is 0 Å². The van der Waals surface area contributed by atoms with Crippen LogP contribution >= 0.6 is 0 Å². The predicted molar refractivity (Wildman–Crippen MR) is 111 cm³/mol. The molecule has 0 unspecified atom stereocenters. The van der Waals surface area contributed by atoms with Gasteiger partial charge in [0, 0.05) is 30.7 Å². The second-order valence-electron chi connectivity index (χ2n) is 7.21. The van der Waals surface area contributed by atoms with Crippen LogP contribution in [0.3, 0.4) is 0 Å². The van der Waals surface area contributed by atoms with E-state index in [1.165, 1.54) is 6.07 Å². The molecule has 7 nitrogen and oxygen atoms in total. The second-order valence-corrected chi connectivity index (χ2v) is 7.21. The van der Waals surface area contributed by atoms with Gasteiger partial charge < -0.3 is 10.2 Å². The Balaban J connectivity index is 1.46. The maximum atomic E-state index is 13.7. The van der Waals surface area contributed by atoms with E-state index in [4.69, 9.17) is 4.98 Å². The van der Waals surface area contributed by atoms with Crippen molar-refractivity contribution in [2.24, 2.45) is 0 Å². The van der Waals surface area contributed by atoms with E-state index in [1.807, 2.05) is 18.3 Å². The molecule has 0 aliphatic carbocycles. The molecule has 0 radical (unpaired) electrons. The van der Waals surface area contributed by atoms with E-state index >= 15 is 0 Å². The molecular weight excluding hydrogens is 383 g/mol. The average molecular weight is 402 g/mol. The van der Waals surface area contributed by atoms with E-state index in [2.05, 4.69) is 20.3 Å². The molecule has 1 saturated heterocycles. The van der Waals surface area contributed by atoms with Gasteiger partial charge in [-0.1, -0.05) is 12.1 Å². The molecule has 150 valence electrons. The zero-order chi connectivity index (χ0) is 20.5. The molecule has 1 aliphatic rings. The van der Waals surface area contributed by atoms with Crippen molar-refractivity contribution in [2.75, 3.05) is 16.8 Å². The number of benzene rings is 1. The van der Waals surface area contributed by atoms with Crippen LogP contribution in [0.4, 0.5) is 15.9 Å². The Kier molecular flexibility index (Phi) is 4.59. The maximum absolute atomic E-state index is 13.7. The van der Waals surface area contributed by atoms with Crippen LogP contribution in [0.1, 0.15) is 34.8 Å². The minimum absolute atomic E-state index is 0.0634. The summed E-state index contributed by atoms with van der Waals surface area (Å²) < 4.78 is 15.4. The number of fused-ring (bicyclic) bond motifs is 1. The highest BCUT2D eigenvalue weighted by atomic mass is 19.1. The first-order valence-electron chi connectivity index (χ1n) is 9.77. The van der Waals surface area contributed by atoms with E-state index in [0.29, 0.717) is 16.9 Å². The lowest BCUT2D eigenvalue weighted by Gasteiger charge is -2.26. The number of hydrogen-bond donors (Lipinski definition) is 1. The van der Waals surface area contributed by atoms with E-state index in [1.54, 1.807) is 47.4 Å². The van der Waals surface area contributed by atoms with Crippen molar-refractivity contribution in [3.63, 3.8) is 0 Å². The first-order chi connectivity index (χ1) is 14.7. The molecule has 1 atom stereocenters. The molecule has 0 spiro atoms. The number of anilines is 2. The van der Waals surface area contributed by atoms with E-state index in [0.717, 1.165) is 30.8 Å². The summed E-state index contributed by atoms with van der Waals surface area (Å²) in [7, 11) is 0. The Morgan fingerprint density at radius 3 is 2.87 bits per heavy atom.